The number of carbonyl (C=O) groups is 1. The number of hydrogen-bond donors (Lipinski definition) is 2. The van der Waals surface area contributed by atoms with Crippen molar-refractivity contribution in [3.8, 4) is 6.07 Å². The molecule has 2 rings (SSSR count). The Labute approximate surface area is 141 Å². The molecule has 126 valence electrons. The van der Waals surface area contributed by atoms with Gasteiger partial charge in [-0.2, -0.15) is 5.26 Å². The smallest absolute Gasteiger partial charge is 0.268 e. The van der Waals surface area contributed by atoms with Crippen molar-refractivity contribution < 1.29 is 4.79 Å². The minimum atomic E-state index is -0.220. The van der Waals surface area contributed by atoms with E-state index < -0.39 is 0 Å². The number of rotatable bonds is 7. The van der Waals surface area contributed by atoms with Gasteiger partial charge in [0.15, 0.2) is 0 Å². The molecule has 0 aliphatic rings. The fourth-order valence-electron chi connectivity index (χ4n) is 2.26. The Balaban J connectivity index is 1.99. The topological polar surface area (TPSA) is 86.0 Å². The molecule has 0 radical (unpaired) electrons. The third-order valence-electron chi connectivity index (χ3n) is 3.55. The first-order valence-corrected chi connectivity index (χ1v) is 7.68. The number of pyridine rings is 1. The largest absolute Gasteiger partial charge is 0.369 e. The van der Waals surface area contributed by atoms with Crippen LogP contribution >= 0.6 is 0 Å². The molecule has 24 heavy (non-hydrogen) atoms. The van der Waals surface area contributed by atoms with Gasteiger partial charge in [0.1, 0.15) is 17.6 Å². The highest BCUT2D eigenvalue weighted by Crippen LogP contribution is 2.12. The number of nitrogens with one attached hydrogen (secondary N) is 2. The van der Waals surface area contributed by atoms with Crippen molar-refractivity contribution in [2.75, 3.05) is 32.5 Å². The molecule has 7 heteroatoms. The van der Waals surface area contributed by atoms with E-state index in [1.165, 1.54) is 0 Å². The minimum absolute atomic E-state index is 0.220. The molecule has 2 N–H and O–H groups in total. The Morgan fingerprint density at radius 2 is 2.25 bits per heavy atom. The van der Waals surface area contributed by atoms with Gasteiger partial charge >= 0.3 is 0 Å². The van der Waals surface area contributed by atoms with E-state index in [2.05, 4.69) is 20.5 Å². The quantitative estimate of drug-likeness (QED) is 0.798. The Bertz CT molecular complexity index is 744. The van der Waals surface area contributed by atoms with Gasteiger partial charge in [-0.15, -0.1) is 0 Å². The molecule has 2 heterocycles. The number of carbonyl (C=O) groups excluding carboxylic acids is 1. The van der Waals surface area contributed by atoms with E-state index in [1.807, 2.05) is 32.3 Å². The maximum atomic E-state index is 12.3. The van der Waals surface area contributed by atoms with Gasteiger partial charge in [-0.05, 0) is 26.2 Å². The number of nitrogens with zero attached hydrogens (tertiary/aromatic N) is 4. The summed E-state index contributed by atoms with van der Waals surface area (Å²) in [5, 5.41) is 15.1. The Kier molecular flexibility index (Phi) is 5.93. The van der Waals surface area contributed by atoms with Crippen LogP contribution in [0.25, 0.3) is 0 Å². The lowest BCUT2D eigenvalue weighted by molar-refractivity contribution is 0.0943. The van der Waals surface area contributed by atoms with Crippen molar-refractivity contribution in [2.45, 2.75) is 6.54 Å². The van der Waals surface area contributed by atoms with Crippen molar-refractivity contribution in [3.05, 3.63) is 47.4 Å². The fourth-order valence-corrected chi connectivity index (χ4v) is 2.26. The second-order valence-electron chi connectivity index (χ2n) is 5.76. The average Bonchev–Trinajstić information content (AvgIpc) is 2.94. The van der Waals surface area contributed by atoms with Gasteiger partial charge in [-0.25, -0.2) is 4.98 Å². The second kappa shape index (κ2) is 8.13. The molecule has 0 unspecified atom stereocenters. The predicted molar refractivity (Wildman–Crippen MR) is 92.6 cm³/mol. The second-order valence-corrected chi connectivity index (χ2v) is 5.76. The highest BCUT2D eigenvalue weighted by atomic mass is 16.1. The van der Waals surface area contributed by atoms with Crippen molar-refractivity contribution in [1.82, 2.24) is 19.8 Å². The van der Waals surface area contributed by atoms with Gasteiger partial charge in [0.25, 0.3) is 5.91 Å². The number of amides is 1. The van der Waals surface area contributed by atoms with Gasteiger partial charge < -0.3 is 20.1 Å². The molecule has 0 saturated carbocycles. The molecule has 7 nitrogen and oxygen atoms in total. The van der Waals surface area contributed by atoms with Crippen molar-refractivity contribution in [1.29, 1.82) is 5.26 Å². The van der Waals surface area contributed by atoms with Crippen LogP contribution in [0.15, 0.2) is 30.6 Å². The first kappa shape index (κ1) is 17.5. The molecule has 0 aliphatic carbocycles. The van der Waals surface area contributed by atoms with Crippen LogP contribution in [-0.2, 0) is 13.6 Å². The molecule has 0 atom stereocenters. The van der Waals surface area contributed by atoms with Gasteiger partial charge in [-0.3, -0.25) is 4.79 Å². The van der Waals surface area contributed by atoms with Crippen molar-refractivity contribution >= 4 is 11.7 Å². The van der Waals surface area contributed by atoms with Gasteiger partial charge in [0.05, 0.1) is 5.56 Å². The first-order valence-electron chi connectivity index (χ1n) is 7.68. The van der Waals surface area contributed by atoms with E-state index in [1.54, 1.807) is 30.1 Å². The SMILES string of the molecule is CN(C)CCNc1ncccc1CNC(=O)c1cc(C#N)cn1C. The van der Waals surface area contributed by atoms with Crippen LogP contribution < -0.4 is 10.6 Å². The van der Waals surface area contributed by atoms with Crippen LogP contribution in [0.4, 0.5) is 5.82 Å². The zero-order chi connectivity index (χ0) is 17.5. The summed E-state index contributed by atoms with van der Waals surface area (Å²) in [6.07, 6.45) is 3.35. The summed E-state index contributed by atoms with van der Waals surface area (Å²) in [7, 11) is 5.77. The molecule has 0 bridgehead atoms. The Hall–Kier alpha value is -2.85. The Morgan fingerprint density at radius 1 is 1.46 bits per heavy atom. The standard InChI is InChI=1S/C17H22N6O/c1-22(2)8-7-20-16-14(5-4-6-19-16)11-21-17(24)15-9-13(10-18)12-23(15)3/h4-6,9,12H,7-8,11H2,1-3H3,(H,19,20)(H,21,24). The summed E-state index contributed by atoms with van der Waals surface area (Å²) < 4.78 is 1.65. The molecule has 2 aromatic heterocycles. The summed E-state index contributed by atoms with van der Waals surface area (Å²) in [6.45, 7) is 2.03. The number of aryl methyl sites for hydroxylation is 1. The third-order valence-corrected chi connectivity index (χ3v) is 3.55. The summed E-state index contributed by atoms with van der Waals surface area (Å²) in [5.41, 5.74) is 1.84. The minimum Gasteiger partial charge on any atom is -0.369 e. The zero-order valence-electron chi connectivity index (χ0n) is 14.2. The highest BCUT2D eigenvalue weighted by Gasteiger charge is 2.12. The lowest BCUT2D eigenvalue weighted by atomic mass is 10.2. The monoisotopic (exact) mass is 326 g/mol. The number of hydrogen-bond acceptors (Lipinski definition) is 5. The average molecular weight is 326 g/mol. The molecule has 0 aliphatic heterocycles. The van der Waals surface area contributed by atoms with Crippen LogP contribution in [0.3, 0.4) is 0 Å². The number of likely N-dealkylation sites (N-methyl/N-ethyl adjacent to an activating group) is 1. The molecule has 0 aromatic carbocycles. The molecular weight excluding hydrogens is 304 g/mol. The number of aromatic nitrogens is 2. The number of nitriles is 1. The normalized spacial score (nSPS) is 10.5. The fraction of sp³-hybridized carbons (Fsp3) is 0.353. The van der Waals surface area contributed by atoms with Crippen LogP contribution in [0.2, 0.25) is 0 Å². The maximum Gasteiger partial charge on any atom is 0.268 e. The van der Waals surface area contributed by atoms with Crippen LogP contribution in [0.5, 0.6) is 0 Å². The Morgan fingerprint density at radius 3 is 2.92 bits per heavy atom. The van der Waals surface area contributed by atoms with E-state index in [4.69, 9.17) is 5.26 Å². The van der Waals surface area contributed by atoms with E-state index in [-0.39, 0.29) is 5.91 Å². The summed E-state index contributed by atoms with van der Waals surface area (Å²) in [6, 6.07) is 7.38. The van der Waals surface area contributed by atoms with Crippen molar-refractivity contribution in [3.63, 3.8) is 0 Å². The van der Waals surface area contributed by atoms with E-state index in [0.717, 1.165) is 24.5 Å². The number of anilines is 1. The molecule has 1 amide bonds. The van der Waals surface area contributed by atoms with E-state index in [0.29, 0.717) is 17.8 Å². The van der Waals surface area contributed by atoms with Crippen LogP contribution in [-0.4, -0.2) is 47.5 Å². The van der Waals surface area contributed by atoms with Crippen LogP contribution in [0, 0.1) is 11.3 Å². The maximum absolute atomic E-state index is 12.3. The lowest BCUT2D eigenvalue weighted by Crippen LogP contribution is -2.26. The molecular formula is C17H22N6O. The van der Waals surface area contributed by atoms with Gasteiger partial charge in [0.2, 0.25) is 0 Å². The predicted octanol–water partition coefficient (Wildman–Crippen LogP) is 1.20. The molecule has 0 fully saturated rings. The van der Waals surface area contributed by atoms with E-state index in [9.17, 15) is 4.79 Å². The van der Waals surface area contributed by atoms with Gasteiger partial charge in [-0.1, -0.05) is 6.07 Å². The highest BCUT2D eigenvalue weighted by molar-refractivity contribution is 5.93. The third kappa shape index (κ3) is 4.57. The van der Waals surface area contributed by atoms with Gasteiger partial charge in [0, 0.05) is 44.6 Å². The molecule has 2 aromatic rings. The molecule has 0 saturated heterocycles. The van der Waals surface area contributed by atoms with Crippen LogP contribution in [0.1, 0.15) is 21.6 Å². The zero-order valence-corrected chi connectivity index (χ0v) is 14.2. The van der Waals surface area contributed by atoms with Crippen molar-refractivity contribution in [2.24, 2.45) is 7.05 Å². The summed E-state index contributed by atoms with van der Waals surface area (Å²) in [5.74, 6) is 0.548. The summed E-state index contributed by atoms with van der Waals surface area (Å²) in [4.78, 5) is 18.7. The summed E-state index contributed by atoms with van der Waals surface area (Å²) >= 11 is 0. The lowest BCUT2D eigenvalue weighted by Gasteiger charge is -2.14. The first-order chi connectivity index (χ1) is 11.5. The van der Waals surface area contributed by atoms with E-state index >= 15 is 0 Å². The molecule has 0 spiro atoms.